The smallest absolute Gasteiger partial charge is 0.330 e. The van der Waals surface area contributed by atoms with Gasteiger partial charge >= 0.3 is 5.97 Å². The highest BCUT2D eigenvalue weighted by atomic mass is 35.5. The molecule has 0 heterocycles. The summed E-state index contributed by atoms with van der Waals surface area (Å²) in [6, 6.07) is 9.27. The van der Waals surface area contributed by atoms with Gasteiger partial charge in [-0.2, -0.15) is 0 Å². The first-order chi connectivity index (χ1) is 6.65. The van der Waals surface area contributed by atoms with Crippen molar-refractivity contribution in [3.05, 3.63) is 35.9 Å². The molecule has 0 aliphatic rings. The maximum absolute atomic E-state index is 11.5. The monoisotopic (exact) mass is 229 g/mol. The number of carbonyl (C=O) groups excluding carboxylic acids is 1. The Morgan fingerprint density at radius 3 is 2.33 bits per heavy atom. The number of methoxy groups -OCH3 is 1. The Labute approximate surface area is 96.0 Å². The van der Waals surface area contributed by atoms with Crippen LogP contribution < -0.4 is 5.73 Å². The van der Waals surface area contributed by atoms with E-state index in [0.29, 0.717) is 6.42 Å². The minimum atomic E-state index is -1.02. The topological polar surface area (TPSA) is 52.3 Å². The number of hydrogen-bond acceptors (Lipinski definition) is 3. The molecule has 0 bridgehead atoms. The highest BCUT2D eigenvalue weighted by Gasteiger charge is 2.34. The molecular formula is C11H16ClNO2. The van der Waals surface area contributed by atoms with Gasteiger partial charge in [-0.05, 0) is 12.0 Å². The first-order valence-electron chi connectivity index (χ1n) is 4.58. The standard InChI is InChI=1S/C11H15NO2.ClH/c1-3-11(12,10(13)14-2)9-7-5-4-6-8-9;/h4-8H,3,12H2,1-2H3;1H. The van der Waals surface area contributed by atoms with Crippen LogP contribution in [-0.2, 0) is 15.1 Å². The van der Waals surface area contributed by atoms with Gasteiger partial charge in [-0.15, -0.1) is 12.4 Å². The number of nitrogens with two attached hydrogens (primary N) is 1. The van der Waals surface area contributed by atoms with Gasteiger partial charge in [0, 0.05) is 0 Å². The average molecular weight is 230 g/mol. The number of benzene rings is 1. The Balaban J connectivity index is 0.00000196. The van der Waals surface area contributed by atoms with Crippen molar-refractivity contribution < 1.29 is 9.53 Å². The SMILES string of the molecule is CCC(N)(C(=O)OC)c1ccccc1.Cl. The Morgan fingerprint density at radius 1 is 1.40 bits per heavy atom. The molecule has 0 saturated carbocycles. The van der Waals surface area contributed by atoms with E-state index in [2.05, 4.69) is 0 Å². The molecule has 3 nitrogen and oxygen atoms in total. The van der Waals surface area contributed by atoms with E-state index in [0.717, 1.165) is 5.56 Å². The Kier molecular flexibility index (Phi) is 5.33. The van der Waals surface area contributed by atoms with Crippen LogP contribution in [0.2, 0.25) is 0 Å². The maximum Gasteiger partial charge on any atom is 0.330 e. The van der Waals surface area contributed by atoms with Crippen LogP contribution in [0, 0.1) is 0 Å². The molecule has 1 unspecified atom stereocenters. The first kappa shape index (κ1) is 13.9. The highest BCUT2D eigenvalue weighted by molar-refractivity contribution is 5.85. The van der Waals surface area contributed by atoms with E-state index < -0.39 is 11.5 Å². The zero-order chi connectivity index (χ0) is 10.6. The van der Waals surface area contributed by atoms with Gasteiger partial charge in [0.05, 0.1) is 7.11 Å². The predicted molar refractivity (Wildman–Crippen MR) is 61.9 cm³/mol. The molecule has 0 radical (unpaired) electrons. The summed E-state index contributed by atoms with van der Waals surface area (Å²) in [6.45, 7) is 1.86. The fourth-order valence-corrected chi connectivity index (χ4v) is 1.38. The molecule has 1 rings (SSSR count). The van der Waals surface area contributed by atoms with Crippen LogP contribution in [0.4, 0.5) is 0 Å². The maximum atomic E-state index is 11.5. The third kappa shape index (κ3) is 2.70. The third-order valence-corrected chi connectivity index (χ3v) is 2.40. The van der Waals surface area contributed by atoms with Crippen LogP contribution in [0.1, 0.15) is 18.9 Å². The van der Waals surface area contributed by atoms with Crippen molar-refractivity contribution in [1.82, 2.24) is 0 Å². The van der Waals surface area contributed by atoms with Crippen LogP contribution in [0.5, 0.6) is 0 Å². The molecule has 0 amide bonds. The normalized spacial score (nSPS) is 13.5. The van der Waals surface area contributed by atoms with E-state index in [1.54, 1.807) is 0 Å². The number of rotatable bonds is 3. The molecule has 1 atom stereocenters. The summed E-state index contributed by atoms with van der Waals surface area (Å²) >= 11 is 0. The second kappa shape index (κ2) is 5.73. The zero-order valence-electron chi connectivity index (χ0n) is 8.90. The summed E-state index contributed by atoms with van der Waals surface area (Å²) in [5.74, 6) is -0.397. The Hall–Kier alpha value is -1.06. The number of esters is 1. The average Bonchev–Trinajstić information content (AvgIpc) is 2.28. The molecule has 4 heteroatoms. The van der Waals surface area contributed by atoms with Crippen molar-refractivity contribution in [2.45, 2.75) is 18.9 Å². The van der Waals surface area contributed by atoms with E-state index in [9.17, 15) is 4.79 Å². The molecule has 15 heavy (non-hydrogen) atoms. The molecule has 2 N–H and O–H groups in total. The third-order valence-electron chi connectivity index (χ3n) is 2.40. The fraction of sp³-hybridized carbons (Fsp3) is 0.364. The molecule has 0 aliphatic heterocycles. The Bertz CT molecular complexity index is 316. The van der Waals surface area contributed by atoms with Crippen molar-refractivity contribution in [3.8, 4) is 0 Å². The zero-order valence-corrected chi connectivity index (χ0v) is 9.71. The van der Waals surface area contributed by atoms with Gasteiger partial charge in [-0.3, -0.25) is 0 Å². The molecule has 1 aromatic carbocycles. The van der Waals surface area contributed by atoms with Gasteiger partial charge in [0.2, 0.25) is 0 Å². The molecule has 0 aromatic heterocycles. The molecule has 0 saturated heterocycles. The number of ether oxygens (including phenoxy) is 1. The van der Waals surface area contributed by atoms with Gasteiger partial charge < -0.3 is 10.5 Å². The minimum absolute atomic E-state index is 0. The van der Waals surface area contributed by atoms with Crippen molar-refractivity contribution in [3.63, 3.8) is 0 Å². The van der Waals surface area contributed by atoms with Gasteiger partial charge in [0.1, 0.15) is 5.54 Å². The molecule has 0 spiro atoms. The summed E-state index contributed by atoms with van der Waals surface area (Å²) in [5, 5.41) is 0. The fourth-order valence-electron chi connectivity index (χ4n) is 1.38. The van der Waals surface area contributed by atoms with E-state index in [4.69, 9.17) is 10.5 Å². The summed E-state index contributed by atoms with van der Waals surface area (Å²) < 4.78 is 4.70. The van der Waals surface area contributed by atoms with Crippen LogP contribution in [-0.4, -0.2) is 13.1 Å². The van der Waals surface area contributed by atoms with Crippen LogP contribution in [0.15, 0.2) is 30.3 Å². The number of halogens is 1. The summed E-state index contributed by atoms with van der Waals surface area (Å²) in [5.41, 5.74) is 5.77. The van der Waals surface area contributed by atoms with E-state index in [1.165, 1.54) is 7.11 Å². The summed E-state index contributed by atoms with van der Waals surface area (Å²) in [6.07, 6.45) is 0.518. The van der Waals surface area contributed by atoms with Crippen LogP contribution in [0.3, 0.4) is 0 Å². The van der Waals surface area contributed by atoms with Gasteiger partial charge in [-0.1, -0.05) is 37.3 Å². The van der Waals surface area contributed by atoms with E-state index >= 15 is 0 Å². The molecule has 1 aromatic rings. The van der Waals surface area contributed by atoms with Crippen molar-refractivity contribution in [1.29, 1.82) is 0 Å². The lowest BCUT2D eigenvalue weighted by Crippen LogP contribution is -2.45. The number of carbonyl (C=O) groups is 1. The molecule has 0 aliphatic carbocycles. The van der Waals surface area contributed by atoms with E-state index in [-0.39, 0.29) is 12.4 Å². The predicted octanol–water partition coefficient (Wildman–Crippen LogP) is 1.85. The second-order valence-corrected chi connectivity index (χ2v) is 3.18. The highest BCUT2D eigenvalue weighted by Crippen LogP contribution is 2.22. The van der Waals surface area contributed by atoms with E-state index in [1.807, 2.05) is 37.3 Å². The lowest BCUT2D eigenvalue weighted by atomic mass is 9.88. The van der Waals surface area contributed by atoms with Crippen molar-refractivity contribution in [2.75, 3.05) is 7.11 Å². The van der Waals surface area contributed by atoms with Crippen LogP contribution in [0.25, 0.3) is 0 Å². The van der Waals surface area contributed by atoms with Crippen molar-refractivity contribution in [2.24, 2.45) is 5.73 Å². The summed E-state index contributed by atoms with van der Waals surface area (Å²) in [4.78, 5) is 11.5. The molecular weight excluding hydrogens is 214 g/mol. The van der Waals surface area contributed by atoms with Gasteiger partial charge in [0.25, 0.3) is 0 Å². The largest absolute Gasteiger partial charge is 0.467 e. The lowest BCUT2D eigenvalue weighted by molar-refractivity contribution is -0.147. The second-order valence-electron chi connectivity index (χ2n) is 3.18. The minimum Gasteiger partial charge on any atom is -0.467 e. The molecule has 0 fully saturated rings. The first-order valence-corrected chi connectivity index (χ1v) is 4.58. The van der Waals surface area contributed by atoms with Gasteiger partial charge in [0.15, 0.2) is 0 Å². The summed E-state index contributed by atoms with van der Waals surface area (Å²) in [7, 11) is 1.35. The van der Waals surface area contributed by atoms with Crippen molar-refractivity contribution >= 4 is 18.4 Å². The molecule has 84 valence electrons. The van der Waals surface area contributed by atoms with Crippen LogP contribution >= 0.6 is 12.4 Å². The van der Waals surface area contributed by atoms with Gasteiger partial charge in [-0.25, -0.2) is 4.79 Å². The number of hydrogen-bond donors (Lipinski definition) is 1. The lowest BCUT2D eigenvalue weighted by Gasteiger charge is -2.25. The Morgan fingerprint density at radius 2 is 1.93 bits per heavy atom. The quantitative estimate of drug-likeness (QED) is 0.805.